The Bertz CT molecular complexity index is 478. The molecule has 0 spiro atoms. The Morgan fingerprint density at radius 1 is 1.11 bits per heavy atom. The molecule has 0 aliphatic carbocycles. The zero-order valence-electron chi connectivity index (χ0n) is 11.6. The molecule has 0 amide bonds. The first-order chi connectivity index (χ1) is 8.71. The number of hydrogen-bond donors (Lipinski definition) is 1. The molecule has 102 valence electrons. The second-order valence-corrected chi connectivity index (χ2v) is 5.71. The van der Waals surface area contributed by atoms with Gasteiger partial charge in [0.1, 0.15) is 11.5 Å². The second-order valence-electron chi connectivity index (χ2n) is 5.71. The van der Waals surface area contributed by atoms with Crippen LogP contribution < -0.4 is 0 Å². The van der Waals surface area contributed by atoms with Crippen LogP contribution in [0.15, 0.2) is 30.0 Å². The average molecular weight is 264 g/mol. The number of phenolic OH excluding ortho intramolecular Hbond substituents is 1. The van der Waals surface area contributed by atoms with Crippen LogP contribution in [0.3, 0.4) is 0 Å². The summed E-state index contributed by atoms with van der Waals surface area (Å²) in [7, 11) is -0.987. The number of hydrogen-bond acceptors (Lipinski definition) is 3. The lowest BCUT2D eigenvalue weighted by Gasteiger charge is -2.32. The minimum Gasteiger partial charge on any atom is -0.508 e. The highest BCUT2D eigenvalue weighted by atomic mass is 19.1. The normalized spacial score (nSPS) is 21.7. The highest BCUT2D eigenvalue weighted by molar-refractivity contribution is 6.54. The van der Waals surface area contributed by atoms with Crippen LogP contribution in [0.1, 0.15) is 33.3 Å². The fraction of sp³-hybridized carbons (Fsp3) is 0.429. The lowest BCUT2D eigenvalue weighted by Crippen LogP contribution is -2.41. The van der Waals surface area contributed by atoms with Gasteiger partial charge in [-0.15, -0.1) is 0 Å². The first kappa shape index (κ1) is 14.1. The van der Waals surface area contributed by atoms with Crippen LogP contribution in [0.2, 0.25) is 0 Å². The molecule has 0 unspecified atom stereocenters. The molecule has 1 N–H and O–H groups in total. The maximum Gasteiger partial charge on any atom is 0.525 e. The number of phenols is 1. The third kappa shape index (κ3) is 2.82. The van der Waals surface area contributed by atoms with E-state index in [9.17, 15) is 9.50 Å². The van der Waals surface area contributed by atoms with Crippen LogP contribution >= 0.6 is 0 Å². The molecule has 1 aromatic carbocycles. The van der Waals surface area contributed by atoms with Crippen LogP contribution in [-0.2, 0) is 9.31 Å². The first-order valence-corrected chi connectivity index (χ1v) is 6.23. The predicted molar refractivity (Wildman–Crippen MR) is 73.3 cm³/mol. The molecule has 1 fully saturated rings. The summed E-state index contributed by atoms with van der Waals surface area (Å²) < 4.78 is 25.3. The first-order valence-electron chi connectivity index (χ1n) is 6.23. The summed E-state index contributed by atoms with van der Waals surface area (Å²) in [5.74, 6) is 0.146. The van der Waals surface area contributed by atoms with Crippen LogP contribution in [0.25, 0.3) is 6.08 Å². The van der Waals surface area contributed by atoms with E-state index in [0.29, 0.717) is 5.56 Å². The van der Waals surface area contributed by atoms with E-state index in [1.165, 1.54) is 18.2 Å². The zero-order valence-corrected chi connectivity index (χ0v) is 11.6. The van der Waals surface area contributed by atoms with Gasteiger partial charge >= 0.3 is 7.12 Å². The smallest absolute Gasteiger partial charge is 0.508 e. The van der Waals surface area contributed by atoms with E-state index in [1.54, 1.807) is 12.1 Å². The largest absolute Gasteiger partial charge is 0.525 e. The number of rotatable bonds is 2. The molecule has 1 aliphatic rings. The molecule has 1 saturated heterocycles. The lowest BCUT2D eigenvalue weighted by atomic mass is 9.87. The zero-order chi connectivity index (χ0) is 14.3. The van der Waals surface area contributed by atoms with E-state index in [0.717, 1.165) is 0 Å². The molecule has 3 nitrogen and oxygen atoms in total. The van der Waals surface area contributed by atoms with Gasteiger partial charge in [-0.3, -0.25) is 0 Å². The lowest BCUT2D eigenvalue weighted by molar-refractivity contribution is 0.00578. The maximum absolute atomic E-state index is 14.1. The van der Waals surface area contributed by atoms with Gasteiger partial charge in [-0.1, -0.05) is 12.1 Å². The molecule has 2 rings (SSSR count). The Morgan fingerprint density at radius 2 is 1.58 bits per heavy atom. The molecule has 19 heavy (non-hydrogen) atoms. The maximum atomic E-state index is 14.1. The predicted octanol–water partition coefficient (Wildman–Crippen LogP) is 3.33. The van der Waals surface area contributed by atoms with Gasteiger partial charge in [-0.05, 0) is 51.5 Å². The quantitative estimate of drug-likeness (QED) is 0.832. The minimum atomic E-state index is -0.987. The molecular weight excluding hydrogens is 246 g/mol. The third-order valence-corrected chi connectivity index (χ3v) is 3.68. The fourth-order valence-electron chi connectivity index (χ4n) is 1.75. The van der Waals surface area contributed by atoms with Crippen molar-refractivity contribution in [2.24, 2.45) is 0 Å². The molecule has 1 aromatic rings. The molecule has 1 aliphatic heterocycles. The van der Waals surface area contributed by atoms with Crippen molar-refractivity contribution in [2.75, 3.05) is 0 Å². The molecule has 0 saturated carbocycles. The molecule has 0 atom stereocenters. The Kier molecular flexibility index (Phi) is 3.45. The molecule has 1 heterocycles. The summed E-state index contributed by atoms with van der Waals surface area (Å²) in [5.41, 5.74) is -0.954. The van der Waals surface area contributed by atoms with Crippen molar-refractivity contribution in [1.29, 1.82) is 0 Å². The molecule has 5 heteroatoms. The Balaban J connectivity index is 2.17. The van der Waals surface area contributed by atoms with Gasteiger partial charge in [0.15, 0.2) is 0 Å². The van der Waals surface area contributed by atoms with Crippen LogP contribution in [0.5, 0.6) is 5.75 Å². The summed E-state index contributed by atoms with van der Waals surface area (Å²) in [4.78, 5) is 0. The highest BCUT2D eigenvalue weighted by Crippen LogP contribution is 2.39. The van der Waals surface area contributed by atoms with E-state index in [1.807, 2.05) is 27.7 Å². The van der Waals surface area contributed by atoms with E-state index in [-0.39, 0.29) is 5.75 Å². The van der Waals surface area contributed by atoms with Crippen LogP contribution in [0.4, 0.5) is 4.39 Å². The molecule has 0 bridgehead atoms. The number of halogens is 1. The average Bonchev–Trinajstić information content (AvgIpc) is 2.51. The summed E-state index contributed by atoms with van der Waals surface area (Å²) in [6.45, 7) is 7.50. The Labute approximate surface area is 113 Å². The third-order valence-electron chi connectivity index (χ3n) is 3.68. The highest BCUT2D eigenvalue weighted by Gasteiger charge is 2.52. The van der Waals surface area contributed by atoms with Gasteiger partial charge in [0, 0.05) is 0 Å². The number of benzene rings is 1. The monoisotopic (exact) mass is 264 g/mol. The summed E-state index contributed by atoms with van der Waals surface area (Å²) in [6, 6.07) is 6.26. The van der Waals surface area contributed by atoms with Gasteiger partial charge in [-0.25, -0.2) is 4.39 Å². The van der Waals surface area contributed by atoms with Crippen molar-refractivity contribution >= 4 is 13.2 Å². The van der Waals surface area contributed by atoms with Gasteiger partial charge in [0.2, 0.25) is 0 Å². The Hall–Kier alpha value is -1.33. The van der Waals surface area contributed by atoms with E-state index in [4.69, 9.17) is 9.31 Å². The van der Waals surface area contributed by atoms with Crippen molar-refractivity contribution in [2.45, 2.75) is 38.9 Å². The Morgan fingerprint density at radius 3 is 2.05 bits per heavy atom. The van der Waals surface area contributed by atoms with Crippen molar-refractivity contribution in [3.05, 3.63) is 35.6 Å². The van der Waals surface area contributed by atoms with Crippen molar-refractivity contribution in [1.82, 2.24) is 0 Å². The van der Waals surface area contributed by atoms with Gasteiger partial charge < -0.3 is 14.4 Å². The number of aromatic hydroxyl groups is 1. The molecule has 0 radical (unpaired) electrons. The summed E-state index contributed by atoms with van der Waals surface area (Å²) in [6.07, 6.45) is 1.35. The molecular formula is C14H18BFO3. The van der Waals surface area contributed by atoms with Crippen LogP contribution in [0, 0.1) is 0 Å². The summed E-state index contributed by atoms with van der Waals surface area (Å²) >= 11 is 0. The van der Waals surface area contributed by atoms with Gasteiger partial charge in [0.25, 0.3) is 0 Å². The van der Waals surface area contributed by atoms with Crippen molar-refractivity contribution in [3.63, 3.8) is 0 Å². The van der Waals surface area contributed by atoms with Gasteiger partial charge in [-0.2, -0.15) is 0 Å². The second kappa shape index (κ2) is 4.65. The van der Waals surface area contributed by atoms with Crippen LogP contribution in [-0.4, -0.2) is 23.4 Å². The minimum absolute atomic E-state index is 0.146. The van der Waals surface area contributed by atoms with Crippen molar-refractivity contribution < 1.29 is 18.8 Å². The molecule has 0 aromatic heterocycles. The van der Waals surface area contributed by atoms with Crippen molar-refractivity contribution in [3.8, 4) is 5.75 Å². The fourth-order valence-corrected chi connectivity index (χ4v) is 1.75. The van der Waals surface area contributed by atoms with E-state index < -0.39 is 24.0 Å². The SMILES string of the molecule is CC1(C)OB(C(F)=Cc2ccc(O)cc2)OC1(C)C. The van der Waals surface area contributed by atoms with Gasteiger partial charge in [0.05, 0.1) is 11.2 Å². The topological polar surface area (TPSA) is 38.7 Å². The standard InChI is InChI=1S/C14H18BFO3/c1-13(2)14(3,4)19-15(18-13)12(16)9-10-5-7-11(17)8-6-10/h5-9,17H,1-4H3. The van der Waals surface area contributed by atoms with E-state index >= 15 is 0 Å². The van der Waals surface area contributed by atoms with E-state index in [2.05, 4.69) is 0 Å². The summed E-state index contributed by atoms with van der Waals surface area (Å²) in [5, 5.41) is 9.18.